The fourth-order valence-corrected chi connectivity index (χ4v) is 2.11. The van der Waals surface area contributed by atoms with Crippen LogP contribution in [0.5, 0.6) is 0 Å². The number of nitrogens with two attached hydrogens (primary N) is 1. The van der Waals surface area contributed by atoms with Crippen molar-refractivity contribution in [3.05, 3.63) is 77.5 Å². The van der Waals surface area contributed by atoms with E-state index in [2.05, 4.69) is 22.3 Å². The highest BCUT2D eigenvalue weighted by molar-refractivity contribution is 5.94. The van der Waals surface area contributed by atoms with E-state index in [-0.39, 0.29) is 5.91 Å². The van der Waals surface area contributed by atoms with Gasteiger partial charge in [0.25, 0.3) is 5.91 Å². The number of hydrogen-bond acceptors (Lipinski definition) is 3. The summed E-state index contributed by atoms with van der Waals surface area (Å²) in [6.45, 7) is 0. The monoisotopic (exact) mass is 287 g/mol. The third-order valence-corrected chi connectivity index (χ3v) is 3.20. The first-order valence-corrected chi connectivity index (χ1v) is 6.74. The summed E-state index contributed by atoms with van der Waals surface area (Å²) >= 11 is 0. The molecule has 106 valence electrons. The van der Waals surface area contributed by atoms with Crippen LogP contribution in [0, 0.1) is 11.8 Å². The zero-order chi connectivity index (χ0) is 15.4. The minimum absolute atomic E-state index is 0.337. The average Bonchev–Trinajstić information content (AvgIpc) is 2.59. The van der Waals surface area contributed by atoms with E-state index >= 15 is 0 Å². The number of nitrogens with zero attached hydrogens (tertiary/aromatic N) is 1. The number of para-hydroxylation sites is 1. The SMILES string of the molecule is NNC(=O)c1cccc(C#Cc2cnc3ccccc3c2)c1. The van der Waals surface area contributed by atoms with Crippen LogP contribution in [-0.2, 0) is 0 Å². The molecule has 2 aromatic carbocycles. The molecule has 0 aliphatic heterocycles. The van der Waals surface area contributed by atoms with Gasteiger partial charge in [-0.3, -0.25) is 15.2 Å². The van der Waals surface area contributed by atoms with Crippen LogP contribution >= 0.6 is 0 Å². The van der Waals surface area contributed by atoms with E-state index in [9.17, 15) is 4.79 Å². The van der Waals surface area contributed by atoms with Crippen molar-refractivity contribution in [2.75, 3.05) is 0 Å². The Kier molecular flexibility index (Phi) is 3.82. The molecular formula is C18H13N3O. The number of amides is 1. The summed E-state index contributed by atoms with van der Waals surface area (Å²) in [6.07, 6.45) is 1.74. The first-order chi connectivity index (χ1) is 10.8. The van der Waals surface area contributed by atoms with Crippen molar-refractivity contribution in [1.82, 2.24) is 10.4 Å². The van der Waals surface area contributed by atoms with Gasteiger partial charge in [0.15, 0.2) is 0 Å². The molecule has 0 saturated carbocycles. The van der Waals surface area contributed by atoms with Crippen LogP contribution in [-0.4, -0.2) is 10.9 Å². The highest BCUT2D eigenvalue weighted by Crippen LogP contribution is 2.12. The molecule has 0 unspecified atom stereocenters. The van der Waals surface area contributed by atoms with E-state index in [1.807, 2.05) is 36.4 Å². The summed E-state index contributed by atoms with van der Waals surface area (Å²) in [6, 6.07) is 16.9. The average molecular weight is 287 g/mol. The Morgan fingerprint density at radius 2 is 1.82 bits per heavy atom. The molecule has 0 aliphatic rings. The maximum Gasteiger partial charge on any atom is 0.265 e. The molecule has 22 heavy (non-hydrogen) atoms. The highest BCUT2D eigenvalue weighted by Gasteiger charge is 2.02. The first kappa shape index (κ1) is 13.8. The summed E-state index contributed by atoms with van der Waals surface area (Å²) in [5.74, 6) is 10.9. The lowest BCUT2D eigenvalue weighted by Gasteiger charge is -1.99. The number of hydrogen-bond donors (Lipinski definition) is 2. The van der Waals surface area contributed by atoms with Crippen LogP contribution in [0.2, 0.25) is 0 Å². The molecule has 3 aromatic rings. The highest BCUT2D eigenvalue weighted by atomic mass is 16.2. The Morgan fingerprint density at radius 3 is 2.68 bits per heavy atom. The van der Waals surface area contributed by atoms with E-state index in [0.717, 1.165) is 22.0 Å². The van der Waals surface area contributed by atoms with Gasteiger partial charge < -0.3 is 0 Å². The van der Waals surface area contributed by atoms with Crippen LogP contribution in [0.1, 0.15) is 21.5 Å². The zero-order valence-electron chi connectivity index (χ0n) is 11.7. The Morgan fingerprint density at radius 1 is 1.00 bits per heavy atom. The van der Waals surface area contributed by atoms with E-state index in [4.69, 9.17) is 5.84 Å². The van der Waals surface area contributed by atoms with Crippen LogP contribution in [0.3, 0.4) is 0 Å². The van der Waals surface area contributed by atoms with E-state index < -0.39 is 0 Å². The molecule has 0 atom stereocenters. The molecule has 0 radical (unpaired) electrons. The third-order valence-electron chi connectivity index (χ3n) is 3.20. The minimum Gasteiger partial charge on any atom is -0.290 e. The van der Waals surface area contributed by atoms with Gasteiger partial charge in [0.1, 0.15) is 0 Å². The molecule has 0 bridgehead atoms. The van der Waals surface area contributed by atoms with E-state index in [1.54, 1.807) is 24.4 Å². The number of carbonyl (C=O) groups excluding carboxylic acids is 1. The van der Waals surface area contributed by atoms with E-state index in [0.29, 0.717) is 5.56 Å². The molecule has 0 saturated heterocycles. The summed E-state index contributed by atoms with van der Waals surface area (Å²) in [4.78, 5) is 15.9. The number of pyridine rings is 1. The maximum absolute atomic E-state index is 11.5. The zero-order valence-corrected chi connectivity index (χ0v) is 11.7. The van der Waals surface area contributed by atoms with Crippen molar-refractivity contribution < 1.29 is 4.79 Å². The fourth-order valence-electron chi connectivity index (χ4n) is 2.11. The Hall–Kier alpha value is -3.16. The number of rotatable bonds is 1. The predicted octanol–water partition coefficient (Wildman–Crippen LogP) is 2.24. The van der Waals surface area contributed by atoms with Gasteiger partial charge in [0.2, 0.25) is 0 Å². The van der Waals surface area contributed by atoms with Crippen molar-refractivity contribution in [3.63, 3.8) is 0 Å². The Balaban J connectivity index is 1.92. The van der Waals surface area contributed by atoms with Gasteiger partial charge in [0.05, 0.1) is 5.52 Å². The van der Waals surface area contributed by atoms with Crippen molar-refractivity contribution >= 4 is 16.8 Å². The molecule has 0 fully saturated rings. The molecule has 1 amide bonds. The van der Waals surface area contributed by atoms with Crippen molar-refractivity contribution in [2.45, 2.75) is 0 Å². The van der Waals surface area contributed by atoms with Gasteiger partial charge in [0, 0.05) is 28.3 Å². The Bertz CT molecular complexity index is 907. The molecular weight excluding hydrogens is 274 g/mol. The van der Waals surface area contributed by atoms with Crippen LogP contribution in [0.25, 0.3) is 10.9 Å². The molecule has 4 nitrogen and oxygen atoms in total. The topological polar surface area (TPSA) is 68.0 Å². The van der Waals surface area contributed by atoms with Gasteiger partial charge in [-0.15, -0.1) is 0 Å². The maximum atomic E-state index is 11.5. The lowest BCUT2D eigenvalue weighted by molar-refractivity contribution is 0.0953. The second kappa shape index (κ2) is 6.08. The lowest BCUT2D eigenvalue weighted by atomic mass is 10.1. The quantitative estimate of drug-likeness (QED) is 0.312. The van der Waals surface area contributed by atoms with Gasteiger partial charge >= 0.3 is 0 Å². The first-order valence-electron chi connectivity index (χ1n) is 6.74. The molecule has 4 heteroatoms. The largest absolute Gasteiger partial charge is 0.290 e. The molecule has 3 rings (SSSR count). The normalized spacial score (nSPS) is 9.86. The summed E-state index contributed by atoms with van der Waals surface area (Å²) in [5.41, 5.74) is 5.09. The predicted molar refractivity (Wildman–Crippen MR) is 85.8 cm³/mol. The molecule has 1 aromatic heterocycles. The smallest absolute Gasteiger partial charge is 0.265 e. The fraction of sp³-hybridized carbons (Fsp3) is 0. The van der Waals surface area contributed by atoms with Gasteiger partial charge in [-0.2, -0.15) is 0 Å². The summed E-state index contributed by atoms with van der Waals surface area (Å²) in [5, 5.41) is 1.05. The van der Waals surface area contributed by atoms with E-state index in [1.165, 1.54) is 0 Å². The van der Waals surface area contributed by atoms with Gasteiger partial charge in [-0.25, -0.2) is 5.84 Å². The number of aromatic nitrogens is 1. The Labute approximate surface area is 128 Å². The second-order valence-electron chi connectivity index (χ2n) is 4.72. The molecule has 0 aliphatic carbocycles. The van der Waals surface area contributed by atoms with Crippen LogP contribution in [0.15, 0.2) is 60.8 Å². The molecule has 1 heterocycles. The van der Waals surface area contributed by atoms with Crippen LogP contribution < -0.4 is 11.3 Å². The molecule has 0 spiro atoms. The van der Waals surface area contributed by atoms with Crippen molar-refractivity contribution in [1.29, 1.82) is 0 Å². The van der Waals surface area contributed by atoms with Gasteiger partial charge in [-0.1, -0.05) is 36.1 Å². The minimum atomic E-state index is -0.337. The number of hydrazine groups is 1. The number of fused-ring (bicyclic) bond motifs is 1. The van der Waals surface area contributed by atoms with Gasteiger partial charge in [-0.05, 0) is 30.3 Å². The number of benzene rings is 2. The molecule has 3 N–H and O–H groups in total. The second-order valence-corrected chi connectivity index (χ2v) is 4.72. The summed E-state index contributed by atoms with van der Waals surface area (Å²) < 4.78 is 0. The van der Waals surface area contributed by atoms with Crippen molar-refractivity contribution in [3.8, 4) is 11.8 Å². The lowest BCUT2D eigenvalue weighted by Crippen LogP contribution is -2.29. The van der Waals surface area contributed by atoms with Crippen LogP contribution in [0.4, 0.5) is 0 Å². The summed E-state index contributed by atoms with van der Waals surface area (Å²) in [7, 11) is 0. The third kappa shape index (κ3) is 2.95. The number of nitrogens with one attached hydrogen (secondary N) is 1. The number of carbonyl (C=O) groups is 1. The standard InChI is InChI=1S/C18H13N3O/c19-21-18(22)16-6-3-4-13(10-16)8-9-14-11-15-5-1-2-7-17(15)20-12-14/h1-7,10-12H,19H2,(H,21,22). The van der Waals surface area contributed by atoms with Crippen molar-refractivity contribution in [2.24, 2.45) is 5.84 Å². The number of nitrogen functional groups attached to an aromatic ring is 1.